The number of hydrogen-bond acceptors (Lipinski definition) is 3. The molecule has 0 heterocycles. The summed E-state index contributed by atoms with van der Waals surface area (Å²) in [5.74, 6) is 0.666. The highest BCUT2D eigenvalue weighted by molar-refractivity contribution is 7.99. The second kappa shape index (κ2) is 8.00. The lowest BCUT2D eigenvalue weighted by molar-refractivity contribution is -0.117. The Bertz CT molecular complexity index is 409. The van der Waals surface area contributed by atoms with Gasteiger partial charge in [0.25, 0.3) is 0 Å². The van der Waals surface area contributed by atoms with Crippen molar-refractivity contribution in [3.63, 3.8) is 0 Å². The summed E-state index contributed by atoms with van der Waals surface area (Å²) in [5, 5.41) is 5.43. The first-order chi connectivity index (χ1) is 8.61. The molecule has 1 rings (SSSR count). The SMILES string of the molecule is CCNC(=O)NC(=O)CSCc1ccc(Cl)cc1. The Morgan fingerprint density at radius 1 is 1.28 bits per heavy atom. The number of nitrogens with one attached hydrogen (secondary N) is 2. The van der Waals surface area contributed by atoms with Crippen molar-refractivity contribution in [3.05, 3.63) is 34.9 Å². The fourth-order valence-electron chi connectivity index (χ4n) is 1.21. The predicted molar refractivity (Wildman–Crippen MR) is 74.8 cm³/mol. The molecule has 0 unspecified atom stereocenters. The van der Waals surface area contributed by atoms with Gasteiger partial charge in [0, 0.05) is 17.3 Å². The fraction of sp³-hybridized carbons (Fsp3) is 0.333. The molecule has 0 spiro atoms. The van der Waals surface area contributed by atoms with Crippen LogP contribution in [0.15, 0.2) is 24.3 Å². The lowest BCUT2D eigenvalue weighted by atomic mass is 10.2. The number of urea groups is 1. The number of benzene rings is 1. The predicted octanol–water partition coefficient (Wildman–Crippen LogP) is 2.42. The largest absolute Gasteiger partial charge is 0.338 e. The molecule has 2 N–H and O–H groups in total. The number of halogens is 1. The van der Waals surface area contributed by atoms with E-state index in [1.54, 1.807) is 6.92 Å². The van der Waals surface area contributed by atoms with Crippen LogP contribution < -0.4 is 10.6 Å². The molecule has 1 aromatic rings. The second-order valence-electron chi connectivity index (χ2n) is 3.53. The van der Waals surface area contributed by atoms with Gasteiger partial charge in [-0.2, -0.15) is 0 Å². The normalized spacial score (nSPS) is 9.89. The number of amides is 3. The summed E-state index contributed by atoms with van der Waals surface area (Å²) in [4.78, 5) is 22.4. The van der Waals surface area contributed by atoms with Crippen molar-refractivity contribution in [1.82, 2.24) is 10.6 Å². The zero-order valence-corrected chi connectivity index (χ0v) is 11.6. The van der Waals surface area contributed by atoms with Crippen LogP contribution in [0.25, 0.3) is 0 Å². The number of carbonyl (C=O) groups is 2. The highest BCUT2D eigenvalue weighted by atomic mass is 35.5. The molecule has 3 amide bonds. The van der Waals surface area contributed by atoms with E-state index in [0.29, 0.717) is 17.3 Å². The second-order valence-corrected chi connectivity index (χ2v) is 4.95. The average Bonchev–Trinajstić information content (AvgIpc) is 2.32. The smallest absolute Gasteiger partial charge is 0.321 e. The van der Waals surface area contributed by atoms with Gasteiger partial charge in [-0.25, -0.2) is 4.79 Å². The van der Waals surface area contributed by atoms with Gasteiger partial charge in [0.15, 0.2) is 0 Å². The van der Waals surface area contributed by atoms with E-state index in [1.807, 2.05) is 24.3 Å². The van der Waals surface area contributed by atoms with Crippen LogP contribution in [-0.4, -0.2) is 24.2 Å². The van der Waals surface area contributed by atoms with Gasteiger partial charge in [0.05, 0.1) is 5.75 Å². The van der Waals surface area contributed by atoms with Crippen LogP contribution in [0.5, 0.6) is 0 Å². The van der Waals surface area contributed by atoms with Gasteiger partial charge < -0.3 is 5.32 Å². The minimum atomic E-state index is -0.449. The van der Waals surface area contributed by atoms with E-state index in [1.165, 1.54) is 11.8 Å². The monoisotopic (exact) mass is 286 g/mol. The van der Waals surface area contributed by atoms with Gasteiger partial charge in [-0.1, -0.05) is 23.7 Å². The third kappa shape index (κ3) is 5.93. The van der Waals surface area contributed by atoms with E-state index in [9.17, 15) is 9.59 Å². The van der Waals surface area contributed by atoms with E-state index in [-0.39, 0.29) is 11.7 Å². The van der Waals surface area contributed by atoms with Crippen molar-refractivity contribution in [2.75, 3.05) is 12.3 Å². The summed E-state index contributed by atoms with van der Waals surface area (Å²) >= 11 is 7.21. The molecule has 98 valence electrons. The third-order valence-corrected chi connectivity index (χ3v) is 3.26. The number of imide groups is 1. The van der Waals surface area contributed by atoms with E-state index < -0.39 is 6.03 Å². The number of carbonyl (C=O) groups excluding carboxylic acids is 2. The van der Waals surface area contributed by atoms with Crippen LogP contribution in [-0.2, 0) is 10.5 Å². The molecule has 6 heteroatoms. The fourth-order valence-corrected chi connectivity index (χ4v) is 2.12. The number of hydrogen-bond donors (Lipinski definition) is 2. The summed E-state index contributed by atoms with van der Waals surface area (Å²) < 4.78 is 0. The maximum absolute atomic E-state index is 11.4. The first kappa shape index (κ1) is 14.9. The molecule has 0 saturated carbocycles. The molecule has 4 nitrogen and oxygen atoms in total. The van der Waals surface area contributed by atoms with Crippen molar-refractivity contribution in [2.24, 2.45) is 0 Å². The van der Waals surface area contributed by atoms with E-state index in [4.69, 9.17) is 11.6 Å². The molecule has 0 aliphatic rings. The molecule has 18 heavy (non-hydrogen) atoms. The van der Waals surface area contributed by atoms with Crippen LogP contribution >= 0.6 is 23.4 Å². The lowest BCUT2D eigenvalue weighted by Crippen LogP contribution is -2.40. The first-order valence-corrected chi connectivity index (χ1v) is 7.05. The van der Waals surface area contributed by atoms with E-state index in [2.05, 4.69) is 10.6 Å². The Morgan fingerprint density at radius 3 is 2.56 bits per heavy atom. The zero-order chi connectivity index (χ0) is 13.4. The molecule has 0 fully saturated rings. The first-order valence-electron chi connectivity index (χ1n) is 5.51. The van der Waals surface area contributed by atoms with Crippen molar-refractivity contribution >= 4 is 35.3 Å². The highest BCUT2D eigenvalue weighted by Gasteiger charge is 2.06. The lowest BCUT2D eigenvalue weighted by Gasteiger charge is -2.04. The Morgan fingerprint density at radius 2 is 1.94 bits per heavy atom. The maximum Gasteiger partial charge on any atom is 0.321 e. The van der Waals surface area contributed by atoms with Gasteiger partial charge in [-0.3, -0.25) is 10.1 Å². The van der Waals surface area contributed by atoms with Crippen LogP contribution in [0.2, 0.25) is 5.02 Å². The summed E-state index contributed by atoms with van der Waals surface area (Å²) in [6.45, 7) is 2.29. The Kier molecular flexibility index (Phi) is 6.60. The molecule has 0 radical (unpaired) electrons. The van der Waals surface area contributed by atoms with Crippen molar-refractivity contribution in [1.29, 1.82) is 0 Å². The summed E-state index contributed by atoms with van der Waals surface area (Å²) in [6.07, 6.45) is 0. The molecule has 0 bridgehead atoms. The summed E-state index contributed by atoms with van der Waals surface area (Å²) in [6, 6.07) is 7.00. The van der Waals surface area contributed by atoms with E-state index in [0.717, 1.165) is 5.56 Å². The molecule has 1 aromatic carbocycles. The van der Waals surface area contributed by atoms with Crippen LogP contribution in [0.3, 0.4) is 0 Å². The van der Waals surface area contributed by atoms with Crippen molar-refractivity contribution in [3.8, 4) is 0 Å². The molecule has 0 aliphatic heterocycles. The molecule has 0 saturated heterocycles. The Labute approximate surface area is 115 Å². The minimum absolute atomic E-state index is 0.250. The number of thioether (sulfide) groups is 1. The van der Waals surface area contributed by atoms with Crippen LogP contribution in [0.1, 0.15) is 12.5 Å². The zero-order valence-electron chi connectivity index (χ0n) is 10.0. The van der Waals surface area contributed by atoms with Crippen molar-refractivity contribution in [2.45, 2.75) is 12.7 Å². The molecule has 0 aliphatic carbocycles. The molecular formula is C12H15ClN2O2S. The standard InChI is InChI=1S/C12H15ClN2O2S/c1-2-14-12(17)15-11(16)8-18-7-9-3-5-10(13)6-4-9/h3-6H,2,7-8H2,1H3,(H2,14,15,16,17). The third-order valence-electron chi connectivity index (χ3n) is 2.01. The molecular weight excluding hydrogens is 272 g/mol. The average molecular weight is 287 g/mol. The number of rotatable bonds is 5. The van der Waals surface area contributed by atoms with Gasteiger partial charge in [0.2, 0.25) is 5.91 Å². The van der Waals surface area contributed by atoms with Gasteiger partial charge in [0.1, 0.15) is 0 Å². The summed E-state index contributed by atoms with van der Waals surface area (Å²) in [7, 11) is 0. The van der Waals surface area contributed by atoms with Crippen molar-refractivity contribution < 1.29 is 9.59 Å². The van der Waals surface area contributed by atoms with Gasteiger partial charge in [-0.15, -0.1) is 11.8 Å². The van der Waals surface area contributed by atoms with E-state index >= 15 is 0 Å². The molecule has 0 aromatic heterocycles. The highest BCUT2D eigenvalue weighted by Crippen LogP contribution is 2.15. The molecule has 0 atom stereocenters. The maximum atomic E-state index is 11.4. The summed E-state index contributed by atoms with van der Waals surface area (Å²) in [5.41, 5.74) is 1.09. The van der Waals surface area contributed by atoms with Gasteiger partial charge in [-0.05, 0) is 24.6 Å². The Hall–Kier alpha value is -1.20. The quantitative estimate of drug-likeness (QED) is 0.874. The minimum Gasteiger partial charge on any atom is -0.338 e. The topological polar surface area (TPSA) is 58.2 Å². The van der Waals surface area contributed by atoms with Gasteiger partial charge >= 0.3 is 6.03 Å². The van der Waals surface area contributed by atoms with Crippen LogP contribution in [0.4, 0.5) is 4.79 Å². The van der Waals surface area contributed by atoms with Crippen LogP contribution in [0, 0.1) is 0 Å². The Balaban J connectivity index is 2.23.